The van der Waals surface area contributed by atoms with Gasteiger partial charge in [-0.15, -0.1) is 5.10 Å². The van der Waals surface area contributed by atoms with Crippen molar-refractivity contribution >= 4 is 17.8 Å². The summed E-state index contributed by atoms with van der Waals surface area (Å²) in [5.41, 5.74) is 0.976. The Labute approximate surface area is 128 Å². The van der Waals surface area contributed by atoms with Crippen LogP contribution in [0.2, 0.25) is 0 Å². The van der Waals surface area contributed by atoms with Crippen molar-refractivity contribution in [1.82, 2.24) is 20.4 Å². The number of nitrogens with zero attached hydrogens (tertiary/aromatic N) is 3. The van der Waals surface area contributed by atoms with Crippen LogP contribution in [0.5, 0.6) is 0 Å². The molecular weight excluding hydrogens is 286 g/mol. The zero-order valence-corrected chi connectivity index (χ0v) is 12.4. The molecule has 1 unspecified atom stereocenters. The Kier molecular flexibility index (Phi) is 4.19. The normalized spacial score (nSPS) is 21.3. The van der Waals surface area contributed by atoms with Gasteiger partial charge in [-0.3, -0.25) is 10.1 Å². The number of nitrogens with one attached hydrogen (secondary N) is 2. The predicted molar refractivity (Wildman–Crippen MR) is 78.4 cm³/mol. The summed E-state index contributed by atoms with van der Waals surface area (Å²) < 4.78 is 5.35. The molecule has 3 amide bonds. The van der Waals surface area contributed by atoms with Crippen molar-refractivity contribution in [3.8, 4) is 0 Å². The Morgan fingerprint density at radius 2 is 2.14 bits per heavy atom. The number of urea groups is 1. The standard InChI is InChI=1S/C14H19N5O3/c1-15-13(20)11-8-19(6-7-22-11)14(21)16-12-5-4-10(17-18-12)9-2-3-9/h4-5,9,11H,2-3,6-8H2,1H3,(H,15,20)(H,16,18,21). The molecule has 1 aromatic heterocycles. The van der Waals surface area contributed by atoms with Crippen molar-refractivity contribution in [3.63, 3.8) is 0 Å². The van der Waals surface area contributed by atoms with Gasteiger partial charge in [-0.25, -0.2) is 4.79 Å². The number of carbonyl (C=O) groups is 2. The molecule has 118 valence electrons. The molecule has 2 heterocycles. The van der Waals surface area contributed by atoms with Crippen molar-refractivity contribution in [2.24, 2.45) is 0 Å². The summed E-state index contributed by atoms with van der Waals surface area (Å²) in [7, 11) is 1.54. The summed E-state index contributed by atoms with van der Waals surface area (Å²) in [5, 5.41) is 13.4. The zero-order valence-electron chi connectivity index (χ0n) is 12.4. The van der Waals surface area contributed by atoms with Gasteiger partial charge in [0.25, 0.3) is 5.91 Å². The fourth-order valence-corrected chi connectivity index (χ4v) is 2.35. The third-order valence-electron chi connectivity index (χ3n) is 3.81. The maximum atomic E-state index is 12.2. The van der Waals surface area contributed by atoms with Crippen LogP contribution in [0.1, 0.15) is 24.5 Å². The Bertz CT molecular complexity index is 558. The van der Waals surface area contributed by atoms with Crippen LogP contribution < -0.4 is 10.6 Å². The SMILES string of the molecule is CNC(=O)C1CN(C(=O)Nc2ccc(C3CC3)nn2)CCO1. The lowest BCUT2D eigenvalue weighted by molar-refractivity contribution is -0.136. The van der Waals surface area contributed by atoms with Crippen LogP contribution in [0, 0.1) is 0 Å². The molecule has 0 radical (unpaired) electrons. The fraction of sp³-hybridized carbons (Fsp3) is 0.571. The van der Waals surface area contributed by atoms with Crippen LogP contribution in [0.15, 0.2) is 12.1 Å². The Morgan fingerprint density at radius 1 is 1.32 bits per heavy atom. The molecule has 1 aliphatic carbocycles. The summed E-state index contributed by atoms with van der Waals surface area (Å²) in [5.74, 6) is 0.716. The van der Waals surface area contributed by atoms with Gasteiger partial charge in [-0.2, -0.15) is 5.10 Å². The maximum absolute atomic E-state index is 12.2. The first-order valence-corrected chi connectivity index (χ1v) is 7.40. The first kappa shape index (κ1) is 14.7. The lowest BCUT2D eigenvalue weighted by Gasteiger charge is -2.31. The highest BCUT2D eigenvalue weighted by Crippen LogP contribution is 2.38. The topological polar surface area (TPSA) is 96.5 Å². The zero-order chi connectivity index (χ0) is 15.5. The van der Waals surface area contributed by atoms with Crippen molar-refractivity contribution in [2.75, 3.05) is 32.1 Å². The second-order valence-corrected chi connectivity index (χ2v) is 5.47. The Hall–Kier alpha value is -2.22. The van der Waals surface area contributed by atoms with E-state index in [4.69, 9.17) is 4.74 Å². The minimum Gasteiger partial charge on any atom is -0.365 e. The van der Waals surface area contributed by atoms with Crippen LogP contribution in [0.3, 0.4) is 0 Å². The molecule has 2 N–H and O–H groups in total. The van der Waals surface area contributed by atoms with Crippen molar-refractivity contribution in [1.29, 1.82) is 0 Å². The highest BCUT2D eigenvalue weighted by atomic mass is 16.5. The number of aromatic nitrogens is 2. The molecule has 8 heteroatoms. The van der Waals surface area contributed by atoms with Gasteiger partial charge in [0.05, 0.1) is 18.8 Å². The maximum Gasteiger partial charge on any atom is 0.323 e. The molecule has 2 aliphatic rings. The molecule has 2 fully saturated rings. The van der Waals surface area contributed by atoms with E-state index in [9.17, 15) is 9.59 Å². The fourth-order valence-electron chi connectivity index (χ4n) is 2.35. The molecular formula is C14H19N5O3. The summed E-state index contributed by atoms with van der Waals surface area (Å²) in [6.45, 7) is 0.990. The van der Waals surface area contributed by atoms with Crippen molar-refractivity contribution in [2.45, 2.75) is 24.9 Å². The predicted octanol–water partition coefficient (Wildman–Crippen LogP) is 0.333. The van der Waals surface area contributed by atoms with Crippen LogP contribution >= 0.6 is 0 Å². The molecule has 0 spiro atoms. The lowest BCUT2D eigenvalue weighted by Crippen LogP contribution is -2.52. The Morgan fingerprint density at radius 3 is 2.77 bits per heavy atom. The molecule has 1 saturated heterocycles. The van der Waals surface area contributed by atoms with Gasteiger partial charge in [0.2, 0.25) is 0 Å². The number of ether oxygens (including phenoxy) is 1. The van der Waals surface area contributed by atoms with Gasteiger partial charge in [-0.05, 0) is 25.0 Å². The molecule has 0 bridgehead atoms. The first-order chi connectivity index (χ1) is 10.7. The minimum absolute atomic E-state index is 0.221. The van der Waals surface area contributed by atoms with Crippen LogP contribution in [-0.2, 0) is 9.53 Å². The minimum atomic E-state index is -0.632. The molecule has 1 aromatic rings. The van der Waals surface area contributed by atoms with Crippen LogP contribution in [0.4, 0.5) is 10.6 Å². The second kappa shape index (κ2) is 6.27. The summed E-state index contributed by atoms with van der Waals surface area (Å²) in [4.78, 5) is 25.3. The van der Waals surface area contributed by atoms with Gasteiger partial charge in [0, 0.05) is 19.5 Å². The third-order valence-corrected chi connectivity index (χ3v) is 3.81. The second-order valence-electron chi connectivity index (χ2n) is 5.47. The van der Waals surface area contributed by atoms with E-state index in [-0.39, 0.29) is 18.5 Å². The summed E-state index contributed by atoms with van der Waals surface area (Å²) in [6, 6.07) is 3.35. The number of anilines is 1. The average Bonchev–Trinajstić information content (AvgIpc) is 3.40. The smallest absolute Gasteiger partial charge is 0.323 e. The van der Waals surface area contributed by atoms with E-state index in [1.165, 1.54) is 0 Å². The monoisotopic (exact) mass is 305 g/mol. The van der Waals surface area contributed by atoms with E-state index in [2.05, 4.69) is 20.8 Å². The highest BCUT2D eigenvalue weighted by Gasteiger charge is 2.29. The molecule has 3 rings (SSSR count). The molecule has 22 heavy (non-hydrogen) atoms. The number of carbonyl (C=O) groups excluding carboxylic acids is 2. The Balaban J connectivity index is 1.57. The highest BCUT2D eigenvalue weighted by molar-refractivity contribution is 5.89. The van der Waals surface area contributed by atoms with Crippen molar-refractivity contribution in [3.05, 3.63) is 17.8 Å². The van der Waals surface area contributed by atoms with Crippen LogP contribution in [0.25, 0.3) is 0 Å². The van der Waals surface area contributed by atoms with E-state index >= 15 is 0 Å². The van der Waals surface area contributed by atoms with E-state index < -0.39 is 6.10 Å². The first-order valence-electron chi connectivity index (χ1n) is 7.40. The molecule has 0 aromatic carbocycles. The van der Waals surface area contributed by atoms with Crippen molar-refractivity contribution < 1.29 is 14.3 Å². The van der Waals surface area contributed by atoms with Gasteiger partial charge >= 0.3 is 6.03 Å². The lowest BCUT2D eigenvalue weighted by atomic mass is 10.2. The number of hydrogen-bond donors (Lipinski definition) is 2. The van der Waals surface area contributed by atoms with Gasteiger partial charge in [0.15, 0.2) is 11.9 Å². The van der Waals surface area contributed by atoms with E-state index in [0.29, 0.717) is 24.9 Å². The average molecular weight is 305 g/mol. The molecule has 8 nitrogen and oxygen atoms in total. The van der Waals surface area contributed by atoms with E-state index in [1.807, 2.05) is 6.07 Å². The molecule has 1 atom stereocenters. The number of likely N-dealkylation sites (N-methyl/N-ethyl adjacent to an activating group) is 1. The quantitative estimate of drug-likeness (QED) is 0.839. The van der Waals surface area contributed by atoms with E-state index in [1.54, 1.807) is 18.0 Å². The molecule has 1 aliphatic heterocycles. The van der Waals surface area contributed by atoms with Gasteiger partial charge < -0.3 is 15.0 Å². The number of hydrogen-bond acceptors (Lipinski definition) is 5. The van der Waals surface area contributed by atoms with Crippen LogP contribution in [-0.4, -0.2) is 59.9 Å². The molecule has 1 saturated carbocycles. The van der Waals surface area contributed by atoms with E-state index in [0.717, 1.165) is 18.5 Å². The summed E-state index contributed by atoms with van der Waals surface area (Å²) >= 11 is 0. The largest absolute Gasteiger partial charge is 0.365 e. The summed E-state index contributed by atoms with van der Waals surface area (Å²) in [6.07, 6.45) is 1.69. The van der Waals surface area contributed by atoms with Gasteiger partial charge in [0.1, 0.15) is 0 Å². The van der Waals surface area contributed by atoms with Gasteiger partial charge in [-0.1, -0.05) is 0 Å². The number of rotatable bonds is 3. The number of amides is 3. The third kappa shape index (κ3) is 3.33. The number of morpholine rings is 1.